The molecule has 0 radical (unpaired) electrons. The summed E-state index contributed by atoms with van der Waals surface area (Å²) >= 11 is 0. The number of pyridine rings is 1. The molecule has 0 spiro atoms. The Bertz CT molecular complexity index is 671. The first-order valence-corrected chi connectivity index (χ1v) is 10.5. The summed E-state index contributed by atoms with van der Waals surface area (Å²) in [7, 11) is 0. The van der Waals surface area contributed by atoms with Crippen LogP contribution in [-0.2, 0) is 11.3 Å². The van der Waals surface area contributed by atoms with Crippen LogP contribution < -0.4 is 5.32 Å². The molecule has 0 aromatic carbocycles. The molecule has 5 heteroatoms. The van der Waals surface area contributed by atoms with Gasteiger partial charge in [0.15, 0.2) is 0 Å². The van der Waals surface area contributed by atoms with Gasteiger partial charge in [0.25, 0.3) is 0 Å². The van der Waals surface area contributed by atoms with E-state index in [0.717, 1.165) is 37.4 Å². The Labute approximate surface area is 162 Å². The van der Waals surface area contributed by atoms with Gasteiger partial charge in [-0.2, -0.15) is 0 Å². The lowest BCUT2D eigenvalue weighted by molar-refractivity contribution is 0.0748. The molecular weight excluding hydrogens is 338 g/mol. The van der Waals surface area contributed by atoms with Crippen molar-refractivity contribution in [2.75, 3.05) is 13.2 Å². The fourth-order valence-corrected chi connectivity index (χ4v) is 5.63. The molecule has 3 aliphatic rings. The minimum Gasteiger partial charge on any atom is -0.376 e. The van der Waals surface area contributed by atoms with E-state index in [2.05, 4.69) is 31.1 Å². The van der Waals surface area contributed by atoms with Crippen molar-refractivity contribution in [3.05, 3.63) is 30.1 Å². The summed E-state index contributed by atoms with van der Waals surface area (Å²) < 4.78 is 5.81. The van der Waals surface area contributed by atoms with Crippen LogP contribution in [0.25, 0.3) is 0 Å². The average Bonchev–Trinajstić information content (AvgIpc) is 3.28. The fraction of sp³-hybridized carbons (Fsp3) is 0.727. The van der Waals surface area contributed by atoms with E-state index in [0.29, 0.717) is 18.5 Å². The monoisotopic (exact) mass is 371 g/mol. The summed E-state index contributed by atoms with van der Waals surface area (Å²) in [6.45, 7) is 9.18. The van der Waals surface area contributed by atoms with E-state index >= 15 is 0 Å². The first-order chi connectivity index (χ1) is 12.9. The number of hydrogen-bond donors (Lipinski definition) is 1. The number of rotatable bonds is 5. The van der Waals surface area contributed by atoms with Gasteiger partial charge in [-0.1, -0.05) is 26.8 Å². The van der Waals surface area contributed by atoms with E-state index < -0.39 is 0 Å². The molecule has 148 valence electrons. The molecule has 2 bridgehead atoms. The van der Waals surface area contributed by atoms with Crippen LogP contribution in [0, 0.1) is 16.7 Å². The first-order valence-electron chi connectivity index (χ1n) is 10.5. The molecule has 2 heterocycles. The number of carbonyl (C=O) groups excluding carboxylic acids is 1. The Morgan fingerprint density at radius 2 is 2.22 bits per heavy atom. The third kappa shape index (κ3) is 3.35. The second kappa shape index (κ2) is 7.08. The Kier molecular flexibility index (Phi) is 4.91. The largest absolute Gasteiger partial charge is 0.376 e. The van der Waals surface area contributed by atoms with Crippen LogP contribution in [0.1, 0.15) is 58.4 Å². The van der Waals surface area contributed by atoms with Gasteiger partial charge < -0.3 is 15.0 Å². The standard InChI is InChI=1S/C22H33N3O2/c1-21(2)17-8-9-22(21,3)19(12-17)24-20(26)25(15-18-7-5-11-27-18)14-16-6-4-10-23-13-16/h4,6,10,13,17-19H,5,7-9,11-12,14-15H2,1-3H3,(H,24,26)/t17-,18-,19-,22-/m0/s1. The van der Waals surface area contributed by atoms with Crippen LogP contribution in [0.4, 0.5) is 4.79 Å². The number of nitrogens with one attached hydrogen (secondary N) is 1. The molecule has 2 amide bonds. The number of carbonyl (C=O) groups is 1. The number of aromatic nitrogens is 1. The summed E-state index contributed by atoms with van der Waals surface area (Å²) in [5, 5.41) is 3.41. The van der Waals surface area contributed by atoms with E-state index in [4.69, 9.17) is 4.74 Å². The van der Waals surface area contributed by atoms with Crippen molar-refractivity contribution in [3.8, 4) is 0 Å². The predicted molar refractivity (Wildman–Crippen MR) is 105 cm³/mol. The fourth-order valence-electron chi connectivity index (χ4n) is 5.63. The molecule has 1 aromatic rings. The van der Waals surface area contributed by atoms with Crippen molar-refractivity contribution < 1.29 is 9.53 Å². The van der Waals surface area contributed by atoms with Crippen molar-refractivity contribution in [1.29, 1.82) is 0 Å². The normalized spacial score (nSPS) is 34.0. The smallest absolute Gasteiger partial charge is 0.318 e. The SMILES string of the molecule is CC1(C)[C@H]2CC[C@@]1(C)[C@@H](NC(=O)N(Cc1cccnc1)C[C@@H]1CCCO1)C2. The lowest BCUT2D eigenvalue weighted by Crippen LogP contribution is -2.52. The van der Waals surface area contributed by atoms with E-state index in [1.54, 1.807) is 6.20 Å². The minimum atomic E-state index is 0.0453. The quantitative estimate of drug-likeness (QED) is 0.851. The van der Waals surface area contributed by atoms with Crippen molar-refractivity contribution in [2.45, 2.75) is 71.6 Å². The molecule has 2 saturated carbocycles. The number of amides is 2. The van der Waals surface area contributed by atoms with Gasteiger partial charge >= 0.3 is 6.03 Å². The third-order valence-corrected chi connectivity index (χ3v) is 7.92. The molecule has 3 fully saturated rings. The molecule has 4 rings (SSSR count). The first kappa shape index (κ1) is 18.7. The van der Waals surface area contributed by atoms with Crippen LogP contribution in [0.15, 0.2) is 24.5 Å². The molecule has 2 aliphatic carbocycles. The summed E-state index contributed by atoms with van der Waals surface area (Å²) in [6, 6.07) is 4.27. The van der Waals surface area contributed by atoms with Crippen LogP contribution in [0.5, 0.6) is 0 Å². The number of nitrogens with zero attached hydrogens (tertiary/aromatic N) is 2. The number of fused-ring (bicyclic) bond motifs is 2. The second-order valence-electron chi connectivity index (χ2n) is 9.49. The van der Waals surface area contributed by atoms with E-state index in [-0.39, 0.29) is 23.6 Å². The molecule has 0 unspecified atom stereocenters. The van der Waals surface area contributed by atoms with Gasteiger partial charge in [0.1, 0.15) is 0 Å². The van der Waals surface area contributed by atoms with Gasteiger partial charge in [-0.05, 0) is 60.5 Å². The van der Waals surface area contributed by atoms with Crippen LogP contribution in [0.3, 0.4) is 0 Å². The highest BCUT2D eigenvalue weighted by atomic mass is 16.5. The van der Waals surface area contributed by atoms with Crippen LogP contribution in [0.2, 0.25) is 0 Å². The minimum absolute atomic E-state index is 0.0453. The number of hydrogen-bond acceptors (Lipinski definition) is 3. The molecule has 1 aliphatic heterocycles. The van der Waals surface area contributed by atoms with Gasteiger partial charge in [-0.25, -0.2) is 4.79 Å². The Morgan fingerprint density at radius 1 is 1.37 bits per heavy atom. The van der Waals surface area contributed by atoms with Gasteiger partial charge in [0.05, 0.1) is 6.10 Å². The summed E-state index contributed by atoms with van der Waals surface area (Å²) in [4.78, 5) is 19.4. The second-order valence-corrected chi connectivity index (χ2v) is 9.49. The van der Waals surface area contributed by atoms with E-state index in [1.165, 1.54) is 12.8 Å². The molecule has 5 nitrogen and oxygen atoms in total. The molecule has 1 N–H and O–H groups in total. The number of ether oxygens (including phenoxy) is 1. The number of urea groups is 1. The highest BCUT2D eigenvalue weighted by Crippen LogP contribution is 2.65. The van der Waals surface area contributed by atoms with Crippen molar-refractivity contribution in [3.63, 3.8) is 0 Å². The molecule has 1 aromatic heterocycles. The van der Waals surface area contributed by atoms with Gasteiger partial charge in [-0.3, -0.25) is 4.98 Å². The summed E-state index contributed by atoms with van der Waals surface area (Å²) in [5.74, 6) is 0.720. The Hall–Kier alpha value is -1.62. The predicted octanol–water partition coefficient (Wildman–Crippen LogP) is 3.99. The highest BCUT2D eigenvalue weighted by Gasteiger charge is 2.61. The third-order valence-electron chi connectivity index (χ3n) is 7.92. The van der Waals surface area contributed by atoms with Crippen molar-refractivity contribution in [2.24, 2.45) is 16.7 Å². The van der Waals surface area contributed by atoms with Crippen molar-refractivity contribution >= 4 is 6.03 Å². The van der Waals surface area contributed by atoms with Crippen molar-refractivity contribution in [1.82, 2.24) is 15.2 Å². The zero-order chi connectivity index (χ0) is 19.1. The zero-order valence-corrected chi connectivity index (χ0v) is 16.9. The lowest BCUT2D eigenvalue weighted by Gasteiger charge is -2.40. The maximum absolute atomic E-state index is 13.3. The average molecular weight is 372 g/mol. The molecule has 1 saturated heterocycles. The topological polar surface area (TPSA) is 54.5 Å². The zero-order valence-electron chi connectivity index (χ0n) is 16.9. The Balaban J connectivity index is 1.47. The van der Waals surface area contributed by atoms with Crippen LogP contribution >= 0.6 is 0 Å². The maximum atomic E-state index is 13.3. The van der Waals surface area contributed by atoms with Gasteiger partial charge in [0, 0.05) is 38.1 Å². The van der Waals surface area contributed by atoms with Gasteiger partial charge in [0.2, 0.25) is 0 Å². The van der Waals surface area contributed by atoms with Crippen LogP contribution in [-0.4, -0.2) is 41.2 Å². The highest BCUT2D eigenvalue weighted by molar-refractivity contribution is 5.75. The molecular formula is C22H33N3O2. The molecule has 4 atom stereocenters. The maximum Gasteiger partial charge on any atom is 0.318 e. The van der Waals surface area contributed by atoms with Gasteiger partial charge in [-0.15, -0.1) is 0 Å². The molecule has 27 heavy (non-hydrogen) atoms. The Morgan fingerprint density at radius 3 is 2.81 bits per heavy atom. The lowest BCUT2D eigenvalue weighted by atomic mass is 9.69. The van der Waals surface area contributed by atoms with E-state index in [9.17, 15) is 4.79 Å². The van der Waals surface area contributed by atoms with E-state index in [1.807, 2.05) is 23.2 Å². The summed E-state index contributed by atoms with van der Waals surface area (Å²) in [6.07, 6.45) is 9.51. The summed E-state index contributed by atoms with van der Waals surface area (Å²) in [5.41, 5.74) is 1.55.